The average Bonchev–Trinajstić information content (AvgIpc) is 2.87. The fraction of sp³-hybridized carbons (Fsp3) is 0. The summed E-state index contributed by atoms with van der Waals surface area (Å²) in [6.07, 6.45) is 4.71. The standard InChI is InChI=1S/C8H6N6OS/c9-7-12-5-4(3-11-14-5)6(13-7)16-8-10-1-2-15-8/h1-3H,(H3,9,11,12,13,14). The second-order valence-corrected chi connectivity index (χ2v) is 3.86. The number of fused-ring (bicyclic) bond motifs is 1. The molecule has 0 atom stereocenters. The smallest absolute Gasteiger partial charge is 0.261 e. The van der Waals surface area contributed by atoms with Crippen molar-refractivity contribution in [2.45, 2.75) is 10.2 Å². The minimum Gasteiger partial charge on any atom is -0.440 e. The van der Waals surface area contributed by atoms with E-state index in [0.717, 1.165) is 5.39 Å². The van der Waals surface area contributed by atoms with Gasteiger partial charge in [-0.1, -0.05) is 0 Å². The molecule has 3 heterocycles. The Morgan fingerprint density at radius 3 is 3.12 bits per heavy atom. The van der Waals surface area contributed by atoms with Gasteiger partial charge in [-0.3, -0.25) is 5.10 Å². The van der Waals surface area contributed by atoms with Gasteiger partial charge in [-0.15, -0.1) is 0 Å². The van der Waals surface area contributed by atoms with Gasteiger partial charge in [0.2, 0.25) is 5.95 Å². The van der Waals surface area contributed by atoms with Crippen LogP contribution >= 0.6 is 11.8 Å². The van der Waals surface area contributed by atoms with Crippen molar-refractivity contribution >= 4 is 28.7 Å². The molecule has 0 unspecified atom stereocenters. The van der Waals surface area contributed by atoms with Crippen LogP contribution in [-0.4, -0.2) is 25.1 Å². The number of hydrogen-bond acceptors (Lipinski definition) is 7. The number of hydrogen-bond donors (Lipinski definition) is 2. The number of oxazole rings is 1. The van der Waals surface area contributed by atoms with Crippen molar-refractivity contribution in [3.63, 3.8) is 0 Å². The summed E-state index contributed by atoms with van der Waals surface area (Å²) in [4.78, 5) is 12.1. The van der Waals surface area contributed by atoms with Gasteiger partial charge in [-0.2, -0.15) is 10.1 Å². The van der Waals surface area contributed by atoms with E-state index in [9.17, 15) is 0 Å². The van der Waals surface area contributed by atoms with Crippen molar-refractivity contribution in [1.29, 1.82) is 0 Å². The van der Waals surface area contributed by atoms with E-state index in [1.54, 1.807) is 12.4 Å². The summed E-state index contributed by atoms with van der Waals surface area (Å²) in [5, 5.41) is 8.58. The first-order valence-corrected chi connectivity index (χ1v) is 5.18. The molecule has 16 heavy (non-hydrogen) atoms. The van der Waals surface area contributed by atoms with Gasteiger partial charge in [0.25, 0.3) is 5.22 Å². The lowest BCUT2D eigenvalue weighted by atomic mass is 10.4. The Morgan fingerprint density at radius 1 is 1.38 bits per heavy atom. The Hall–Kier alpha value is -2.09. The maximum Gasteiger partial charge on any atom is 0.261 e. The highest BCUT2D eigenvalue weighted by Gasteiger charge is 2.11. The SMILES string of the molecule is Nc1nc(Sc2ncco2)c2cn[nH]c2n1. The molecule has 7 nitrogen and oxygen atoms in total. The van der Waals surface area contributed by atoms with Crippen molar-refractivity contribution in [1.82, 2.24) is 25.1 Å². The van der Waals surface area contributed by atoms with Crippen LogP contribution in [0.4, 0.5) is 5.95 Å². The van der Waals surface area contributed by atoms with Crippen molar-refractivity contribution in [3.8, 4) is 0 Å². The molecule has 0 saturated carbocycles. The summed E-state index contributed by atoms with van der Waals surface area (Å²) < 4.78 is 5.12. The lowest BCUT2D eigenvalue weighted by Crippen LogP contribution is -1.96. The number of nitrogen functional groups attached to an aromatic ring is 1. The zero-order valence-corrected chi connectivity index (χ0v) is 8.73. The lowest BCUT2D eigenvalue weighted by molar-refractivity contribution is 0.454. The number of rotatable bonds is 2. The van der Waals surface area contributed by atoms with Crippen LogP contribution in [0.5, 0.6) is 0 Å². The van der Waals surface area contributed by atoms with E-state index in [0.29, 0.717) is 15.9 Å². The van der Waals surface area contributed by atoms with E-state index in [-0.39, 0.29) is 5.95 Å². The van der Waals surface area contributed by atoms with Gasteiger partial charge in [0, 0.05) is 0 Å². The summed E-state index contributed by atoms with van der Waals surface area (Å²) in [6, 6.07) is 0. The van der Waals surface area contributed by atoms with Crippen LogP contribution in [0.25, 0.3) is 11.0 Å². The number of nitrogens with one attached hydrogen (secondary N) is 1. The maximum atomic E-state index is 5.58. The summed E-state index contributed by atoms with van der Waals surface area (Å²) in [7, 11) is 0. The molecule has 0 aliphatic carbocycles. The number of aromatic amines is 1. The molecule has 0 aliphatic rings. The first-order valence-electron chi connectivity index (χ1n) is 4.37. The molecule has 0 spiro atoms. The highest BCUT2D eigenvalue weighted by atomic mass is 32.2. The molecule has 0 saturated heterocycles. The minimum absolute atomic E-state index is 0.186. The third-order valence-corrected chi connectivity index (χ3v) is 2.77. The van der Waals surface area contributed by atoms with E-state index in [1.165, 1.54) is 18.0 Å². The third kappa shape index (κ3) is 1.48. The molecule has 3 N–H and O–H groups in total. The molecule has 0 aliphatic heterocycles. The number of aromatic nitrogens is 5. The van der Waals surface area contributed by atoms with E-state index in [4.69, 9.17) is 10.2 Å². The number of H-pyrrole nitrogens is 1. The van der Waals surface area contributed by atoms with Gasteiger partial charge in [0.05, 0.1) is 17.8 Å². The Bertz CT molecular complexity index is 619. The zero-order valence-electron chi connectivity index (χ0n) is 7.91. The molecule has 0 amide bonds. The summed E-state index contributed by atoms with van der Waals surface area (Å²) in [6.45, 7) is 0. The number of nitrogens with zero attached hydrogens (tertiary/aromatic N) is 4. The van der Waals surface area contributed by atoms with E-state index < -0.39 is 0 Å². The molecule has 0 bridgehead atoms. The highest BCUT2D eigenvalue weighted by molar-refractivity contribution is 7.99. The normalized spacial score (nSPS) is 11.0. The van der Waals surface area contributed by atoms with Crippen LogP contribution in [0.3, 0.4) is 0 Å². The van der Waals surface area contributed by atoms with Crippen molar-refractivity contribution in [2.75, 3.05) is 5.73 Å². The molecule has 0 aromatic carbocycles. The molecule has 0 fully saturated rings. The Morgan fingerprint density at radius 2 is 2.31 bits per heavy atom. The molecule has 3 aromatic rings. The van der Waals surface area contributed by atoms with Crippen LogP contribution in [0.1, 0.15) is 0 Å². The average molecular weight is 234 g/mol. The Kier molecular flexibility index (Phi) is 2.00. The minimum atomic E-state index is 0.186. The summed E-state index contributed by atoms with van der Waals surface area (Å²) in [5.74, 6) is 0.186. The van der Waals surface area contributed by atoms with Gasteiger partial charge < -0.3 is 10.2 Å². The molecule has 0 radical (unpaired) electrons. The van der Waals surface area contributed by atoms with Crippen LogP contribution in [0.2, 0.25) is 0 Å². The molecular weight excluding hydrogens is 228 g/mol. The largest absolute Gasteiger partial charge is 0.440 e. The summed E-state index contributed by atoms with van der Waals surface area (Å²) >= 11 is 1.27. The van der Waals surface area contributed by atoms with E-state index in [2.05, 4.69) is 25.1 Å². The molecule has 80 valence electrons. The molecular formula is C8H6N6OS. The molecule has 3 rings (SSSR count). The topological polar surface area (TPSA) is 107 Å². The van der Waals surface area contributed by atoms with Crippen LogP contribution in [0.15, 0.2) is 33.3 Å². The van der Waals surface area contributed by atoms with Crippen LogP contribution < -0.4 is 5.73 Å². The van der Waals surface area contributed by atoms with Crippen LogP contribution in [-0.2, 0) is 0 Å². The van der Waals surface area contributed by atoms with Crippen molar-refractivity contribution in [2.24, 2.45) is 0 Å². The van der Waals surface area contributed by atoms with Crippen molar-refractivity contribution < 1.29 is 4.42 Å². The maximum absolute atomic E-state index is 5.58. The van der Waals surface area contributed by atoms with E-state index in [1.807, 2.05) is 0 Å². The van der Waals surface area contributed by atoms with E-state index >= 15 is 0 Å². The molecule has 3 aromatic heterocycles. The van der Waals surface area contributed by atoms with Crippen LogP contribution in [0, 0.1) is 0 Å². The second kappa shape index (κ2) is 3.49. The van der Waals surface area contributed by atoms with Gasteiger partial charge in [0.15, 0.2) is 5.65 Å². The number of anilines is 1. The fourth-order valence-corrected chi connectivity index (χ4v) is 2.03. The quantitative estimate of drug-likeness (QED) is 0.638. The van der Waals surface area contributed by atoms with Gasteiger partial charge in [0.1, 0.15) is 11.3 Å². The second-order valence-electron chi connectivity index (χ2n) is 2.92. The fourth-order valence-electron chi connectivity index (χ4n) is 1.25. The van der Waals surface area contributed by atoms with Crippen molar-refractivity contribution in [3.05, 3.63) is 18.7 Å². The van der Waals surface area contributed by atoms with Gasteiger partial charge >= 0.3 is 0 Å². The Balaban J connectivity index is 2.11. The number of nitrogens with two attached hydrogens (primary N) is 1. The first-order chi connectivity index (χ1) is 7.83. The predicted octanol–water partition coefficient (Wildman–Crippen LogP) is 1.07. The van der Waals surface area contributed by atoms with Gasteiger partial charge in [-0.05, 0) is 11.8 Å². The zero-order chi connectivity index (χ0) is 11.0. The first kappa shape index (κ1) is 9.16. The Labute approximate surface area is 93.5 Å². The third-order valence-electron chi connectivity index (χ3n) is 1.89. The predicted molar refractivity (Wildman–Crippen MR) is 56.7 cm³/mol. The highest BCUT2D eigenvalue weighted by Crippen LogP contribution is 2.29. The lowest BCUT2D eigenvalue weighted by Gasteiger charge is -1.98. The van der Waals surface area contributed by atoms with Gasteiger partial charge in [-0.25, -0.2) is 9.97 Å². The monoisotopic (exact) mass is 234 g/mol. The molecule has 8 heteroatoms. The summed E-state index contributed by atoms with van der Waals surface area (Å²) in [5.41, 5.74) is 6.18.